The highest BCUT2D eigenvalue weighted by Crippen LogP contribution is 2.27. The van der Waals surface area contributed by atoms with Crippen molar-refractivity contribution < 1.29 is 17.9 Å². The topological polar surface area (TPSA) is 59.1 Å². The maximum atomic E-state index is 13.1. The van der Waals surface area contributed by atoms with Crippen LogP contribution in [0.5, 0.6) is 5.75 Å². The third-order valence-corrected chi connectivity index (χ3v) is 6.62. The molecule has 24 heavy (non-hydrogen) atoms. The van der Waals surface area contributed by atoms with E-state index >= 15 is 0 Å². The minimum absolute atomic E-state index is 0.107. The van der Waals surface area contributed by atoms with Crippen molar-refractivity contribution in [2.75, 3.05) is 46.5 Å². The molecule has 2 aliphatic rings. The average Bonchev–Trinajstić information content (AvgIpc) is 2.78. The van der Waals surface area contributed by atoms with Gasteiger partial charge in [-0.2, -0.15) is 4.31 Å². The molecular weight excluding hydrogens is 328 g/mol. The summed E-state index contributed by atoms with van der Waals surface area (Å²) in [5, 5.41) is 0. The zero-order chi connectivity index (χ0) is 17.3. The van der Waals surface area contributed by atoms with E-state index in [-0.39, 0.29) is 12.0 Å². The molecule has 0 saturated carbocycles. The van der Waals surface area contributed by atoms with Gasteiger partial charge < -0.3 is 9.47 Å². The van der Waals surface area contributed by atoms with Crippen molar-refractivity contribution in [1.82, 2.24) is 9.21 Å². The van der Waals surface area contributed by atoms with Gasteiger partial charge in [0.2, 0.25) is 10.0 Å². The Morgan fingerprint density at radius 2 is 2.04 bits per heavy atom. The predicted molar refractivity (Wildman–Crippen MR) is 91.8 cm³/mol. The Morgan fingerprint density at radius 3 is 2.75 bits per heavy atom. The molecule has 2 fully saturated rings. The summed E-state index contributed by atoms with van der Waals surface area (Å²) in [7, 11) is -1.46. The number of benzene rings is 1. The summed E-state index contributed by atoms with van der Waals surface area (Å²) >= 11 is 0. The first-order valence-corrected chi connectivity index (χ1v) is 9.87. The minimum atomic E-state index is -3.51. The van der Waals surface area contributed by atoms with Crippen molar-refractivity contribution in [3.05, 3.63) is 23.8 Å². The Hall–Kier alpha value is -1.15. The van der Waals surface area contributed by atoms with Gasteiger partial charge in [-0.15, -0.1) is 0 Å². The highest BCUT2D eigenvalue weighted by Gasteiger charge is 2.37. The predicted octanol–water partition coefficient (Wildman–Crippen LogP) is 1.34. The van der Waals surface area contributed by atoms with Crippen LogP contribution in [0.1, 0.15) is 12.5 Å². The van der Waals surface area contributed by atoms with Crippen LogP contribution in [-0.4, -0.2) is 70.2 Å². The fourth-order valence-electron chi connectivity index (χ4n) is 3.45. The van der Waals surface area contributed by atoms with Crippen molar-refractivity contribution in [2.45, 2.75) is 24.8 Å². The third-order valence-electron chi connectivity index (χ3n) is 4.79. The molecule has 1 aromatic rings. The second kappa shape index (κ2) is 7.00. The number of fused-ring (bicyclic) bond motifs is 3. The van der Waals surface area contributed by atoms with Crippen LogP contribution in [-0.2, 0) is 14.8 Å². The Bertz CT molecular complexity index is 692. The van der Waals surface area contributed by atoms with Crippen molar-refractivity contribution in [3.8, 4) is 5.75 Å². The first kappa shape index (κ1) is 17.7. The van der Waals surface area contributed by atoms with Crippen LogP contribution in [0.3, 0.4) is 0 Å². The molecule has 0 unspecified atom stereocenters. The summed E-state index contributed by atoms with van der Waals surface area (Å²) < 4.78 is 39.1. The van der Waals surface area contributed by atoms with Gasteiger partial charge in [-0.05, 0) is 44.7 Å². The van der Waals surface area contributed by atoms with E-state index in [0.29, 0.717) is 37.8 Å². The van der Waals surface area contributed by atoms with Crippen LogP contribution in [0, 0.1) is 12.8 Å². The maximum Gasteiger partial charge on any atom is 0.243 e. The Labute approximate surface area is 144 Å². The lowest BCUT2D eigenvalue weighted by molar-refractivity contribution is 0.0727. The summed E-state index contributed by atoms with van der Waals surface area (Å²) in [6.45, 7) is 7.42. The number of sulfonamides is 1. The number of aryl methyl sites for hydroxylation is 1. The van der Waals surface area contributed by atoms with E-state index in [0.717, 1.165) is 17.9 Å². The molecule has 0 amide bonds. The van der Waals surface area contributed by atoms with Gasteiger partial charge in [0.25, 0.3) is 0 Å². The first-order chi connectivity index (χ1) is 11.4. The molecular formula is C17H26N2O4S. The Morgan fingerprint density at radius 1 is 1.25 bits per heavy atom. The minimum Gasteiger partial charge on any atom is -0.494 e. The number of rotatable bonds is 4. The van der Waals surface area contributed by atoms with Crippen LogP contribution >= 0.6 is 0 Å². The summed E-state index contributed by atoms with van der Waals surface area (Å²) in [5.41, 5.74) is 0.841. The van der Waals surface area contributed by atoms with E-state index < -0.39 is 10.0 Å². The second-order valence-electron chi connectivity index (χ2n) is 6.68. The average molecular weight is 354 g/mol. The van der Waals surface area contributed by atoms with E-state index in [1.54, 1.807) is 22.5 Å². The summed E-state index contributed by atoms with van der Waals surface area (Å²) in [5.74, 6) is 0.943. The molecule has 0 spiro atoms. The highest BCUT2D eigenvalue weighted by molar-refractivity contribution is 7.89. The molecule has 1 aromatic carbocycles. The first-order valence-electron chi connectivity index (χ1n) is 8.43. The molecule has 2 atom stereocenters. The van der Waals surface area contributed by atoms with Crippen molar-refractivity contribution in [2.24, 2.45) is 5.92 Å². The zero-order valence-corrected chi connectivity index (χ0v) is 15.4. The van der Waals surface area contributed by atoms with Gasteiger partial charge in [0.15, 0.2) is 0 Å². The highest BCUT2D eigenvalue weighted by atomic mass is 32.2. The molecule has 0 N–H and O–H groups in total. The lowest BCUT2D eigenvalue weighted by Gasteiger charge is -2.29. The van der Waals surface area contributed by atoms with Gasteiger partial charge >= 0.3 is 0 Å². The lowest BCUT2D eigenvalue weighted by Crippen LogP contribution is -2.44. The number of hydrogen-bond donors (Lipinski definition) is 0. The van der Waals surface area contributed by atoms with E-state index in [2.05, 4.69) is 4.90 Å². The molecule has 0 radical (unpaired) electrons. The number of likely N-dealkylation sites (N-methyl/N-ethyl adjacent to an activating group) is 1. The molecule has 2 aliphatic heterocycles. The smallest absolute Gasteiger partial charge is 0.243 e. The lowest BCUT2D eigenvalue weighted by atomic mass is 10.1. The Balaban J connectivity index is 1.88. The number of hydrogen-bond acceptors (Lipinski definition) is 5. The molecule has 0 aromatic heterocycles. The van der Waals surface area contributed by atoms with Crippen molar-refractivity contribution >= 4 is 10.0 Å². The third kappa shape index (κ3) is 3.44. The van der Waals surface area contributed by atoms with Crippen LogP contribution in [0.4, 0.5) is 0 Å². The normalized spacial score (nSPS) is 26.1. The van der Waals surface area contributed by atoms with Crippen LogP contribution in [0.25, 0.3) is 0 Å². The molecule has 6 nitrogen and oxygen atoms in total. The van der Waals surface area contributed by atoms with Gasteiger partial charge in [-0.1, -0.05) is 0 Å². The second-order valence-corrected chi connectivity index (χ2v) is 8.62. The van der Waals surface area contributed by atoms with E-state index in [1.165, 1.54) is 0 Å². The summed E-state index contributed by atoms with van der Waals surface area (Å²) in [4.78, 5) is 2.56. The fraction of sp³-hybridized carbons (Fsp3) is 0.647. The summed E-state index contributed by atoms with van der Waals surface area (Å²) in [6, 6.07) is 5.21. The van der Waals surface area contributed by atoms with E-state index in [4.69, 9.17) is 9.47 Å². The zero-order valence-electron chi connectivity index (χ0n) is 14.6. The van der Waals surface area contributed by atoms with Gasteiger partial charge in [-0.3, -0.25) is 4.90 Å². The van der Waals surface area contributed by atoms with Crippen LogP contribution < -0.4 is 4.74 Å². The van der Waals surface area contributed by atoms with Gasteiger partial charge in [0, 0.05) is 31.6 Å². The van der Waals surface area contributed by atoms with Gasteiger partial charge in [0.1, 0.15) is 5.75 Å². The van der Waals surface area contributed by atoms with Crippen molar-refractivity contribution in [1.29, 1.82) is 0 Å². The molecule has 134 valence electrons. The fourth-order valence-corrected chi connectivity index (χ4v) is 5.09. The van der Waals surface area contributed by atoms with Gasteiger partial charge in [0.05, 0.1) is 24.7 Å². The van der Waals surface area contributed by atoms with Crippen molar-refractivity contribution in [3.63, 3.8) is 0 Å². The molecule has 3 rings (SSSR count). The maximum absolute atomic E-state index is 13.1. The monoisotopic (exact) mass is 354 g/mol. The molecule has 7 heteroatoms. The molecule has 2 heterocycles. The van der Waals surface area contributed by atoms with Crippen LogP contribution in [0.15, 0.2) is 23.1 Å². The quantitative estimate of drug-likeness (QED) is 0.817. The van der Waals surface area contributed by atoms with E-state index in [9.17, 15) is 8.42 Å². The standard InChI is InChI=1S/C17H26N2O4S/c1-4-23-17-6-5-16(7-13(17)2)24(20,21)19-9-14-8-18(3)15(10-19)12-22-11-14/h5-7,14-15H,4,8-12H2,1-3H3/t14-,15+/m1/s1. The largest absolute Gasteiger partial charge is 0.494 e. The number of ether oxygens (including phenoxy) is 2. The van der Waals surface area contributed by atoms with Gasteiger partial charge in [-0.25, -0.2) is 8.42 Å². The molecule has 2 saturated heterocycles. The SMILES string of the molecule is CCOc1ccc(S(=O)(=O)N2C[C@@H]3COC[C@H](C2)N(C)C3)cc1C. The van der Waals surface area contributed by atoms with Crippen LogP contribution in [0.2, 0.25) is 0 Å². The molecule has 2 bridgehead atoms. The summed E-state index contributed by atoms with van der Waals surface area (Å²) in [6.07, 6.45) is 0. The molecule has 0 aliphatic carbocycles. The van der Waals surface area contributed by atoms with E-state index in [1.807, 2.05) is 20.9 Å². The number of nitrogens with zero attached hydrogens (tertiary/aromatic N) is 2. The Kier molecular flexibility index (Phi) is 5.15.